The molecule has 97 heavy (non-hydrogen) atoms. The molecule has 0 amide bonds. The number of carbonyl (C=O) groups excluding carboxylic acids is 4. The predicted octanol–water partition coefficient (Wildman–Crippen LogP) is 22.5. The maximum Gasteiger partial charge on any atom is 0.472 e. The highest BCUT2D eigenvalue weighted by Gasteiger charge is 2.30. The number of unbranched alkanes of at least 4 members (excludes halogenated alkanes) is 37. The molecule has 0 saturated carbocycles. The summed E-state index contributed by atoms with van der Waals surface area (Å²) in [5, 5.41) is 10.6. The Kier molecular flexibility index (Phi) is 66.3. The number of aliphatic hydroxyl groups is 1. The first kappa shape index (κ1) is 94.5. The molecule has 3 N–H and O–H groups in total. The number of hydrogen-bond acceptors (Lipinski definition) is 15. The zero-order valence-corrected chi connectivity index (χ0v) is 64.8. The standard InChI is InChI=1S/C78H148O17P2/c1-8-11-12-13-14-15-16-17-22-26-29-32-37-47-54-62-78(83)95-74(66-89-76(81)60-53-46-41-40-44-51-58-71(7)10-3)68-93-97(86,87)91-64-72(79)63-90-96(84,85)92-67-73(65-88-75(80)59-52-45-39-34-35-42-49-56-69(4)5)94-77(82)61-55-48-38-33-30-27-24-21-19-18-20-23-25-28-31-36-43-50-57-70(6)9-2/h15-17,22,69-74,79H,8-14,18-21,23-68H2,1-7H3,(H,84,85)(H,86,87)/b16-15-,22-17-/t70?,71?,72?,73-,74-/m1/s1. The summed E-state index contributed by atoms with van der Waals surface area (Å²) < 4.78 is 68.5. The van der Waals surface area contributed by atoms with E-state index in [9.17, 15) is 43.2 Å². The van der Waals surface area contributed by atoms with Crippen molar-refractivity contribution < 1.29 is 80.2 Å². The first-order chi connectivity index (χ1) is 46.8. The molecule has 0 aliphatic rings. The van der Waals surface area contributed by atoms with E-state index in [1.807, 2.05) is 0 Å². The third-order valence-corrected chi connectivity index (χ3v) is 20.1. The number of rotatable bonds is 74. The van der Waals surface area contributed by atoms with Gasteiger partial charge in [0.15, 0.2) is 12.2 Å². The van der Waals surface area contributed by atoms with Crippen molar-refractivity contribution in [1.82, 2.24) is 0 Å². The van der Waals surface area contributed by atoms with Crippen LogP contribution in [0.25, 0.3) is 0 Å². The zero-order chi connectivity index (χ0) is 71.6. The van der Waals surface area contributed by atoms with Gasteiger partial charge in [0.2, 0.25) is 0 Å². The average Bonchev–Trinajstić information content (AvgIpc) is 0.987. The summed E-state index contributed by atoms with van der Waals surface area (Å²) in [7, 11) is -9.93. The van der Waals surface area contributed by atoms with Gasteiger partial charge in [-0.1, -0.05) is 323 Å². The molecular formula is C78H148O17P2. The molecule has 572 valence electrons. The summed E-state index contributed by atoms with van der Waals surface area (Å²) in [6.07, 6.45) is 57.9. The number of hydrogen-bond donors (Lipinski definition) is 3. The van der Waals surface area contributed by atoms with Gasteiger partial charge in [0.1, 0.15) is 19.3 Å². The smallest absolute Gasteiger partial charge is 0.462 e. The fourth-order valence-corrected chi connectivity index (χ4v) is 12.9. The first-order valence-electron chi connectivity index (χ1n) is 39.7. The van der Waals surface area contributed by atoms with Crippen LogP contribution in [-0.2, 0) is 65.4 Å². The Bertz CT molecular complexity index is 1990. The van der Waals surface area contributed by atoms with Crippen molar-refractivity contribution in [2.24, 2.45) is 17.8 Å². The molecule has 5 unspecified atom stereocenters. The highest BCUT2D eigenvalue weighted by molar-refractivity contribution is 7.47. The topological polar surface area (TPSA) is 237 Å². The third-order valence-electron chi connectivity index (χ3n) is 18.2. The van der Waals surface area contributed by atoms with Crippen LogP contribution in [0, 0.1) is 17.8 Å². The van der Waals surface area contributed by atoms with E-state index < -0.39 is 97.5 Å². The van der Waals surface area contributed by atoms with Gasteiger partial charge < -0.3 is 33.8 Å². The number of aliphatic hydroxyl groups excluding tert-OH is 1. The third kappa shape index (κ3) is 69.1. The van der Waals surface area contributed by atoms with Crippen LogP contribution in [-0.4, -0.2) is 96.7 Å². The van der Waals surface area contributed by atoms with Crippen molar-refractivity contribution in [3.63, 3.8) is 0 Å². The van der Waals surface area contributed by atoms with Crippen molar-refractivity contribution >= 4 is 39.5 Å². The predicted molar refractivity (Wildman–Crippen MR) is 395 cm³/mol. The maximum atomic E-state index is 13.1. The number of phosphoric ester groups is 2. The Labute approximate surface area is 592 Å². The molecule has 7 atom stereocenters. The number of carbonyl (C=O) groups is 4. The van der Waals surface area contributed by atoms with Gasteiger partial charge in [-0.3, -0.25) is 37.3 Å². The van der Waals surface area contributed by atoms with Gasteiger partial charge >= 0.3 is 39.5 Å². The Morgan fingerprint density at radius 1 is 0.340 bits per heavy atom. The molecule has 0 bridgehead atoms. The fraction of sp³-hybridized carbons (Fsp3) is 0.897. The van der Waals surface area contributed by atoms with Crippen LogP contribution in [0.2, 0.25) is 0 Å². The largest absolute Gasteiger partial charge is 0.472 e. The van der Waals surface area contributed by atoms with Crippen LogP contribution in [0.4, 0.5) is 0 Å². The second kappa shape index (κ2) is 68.0. The average molecular weight is 1420 g/mol. The Morgan fingerprint density at radius 2 is 0.608 bits per heavy atom. The molecule has 0 radical (unpaired) electrons. The van der Waals surface area contributed by atoms with Crippen molar-refractivity contribution in [3.05, 3.63) is 24.3 Å². The lowest BCUT2D eigenvalue weighted by molar-refractivity contribution is -0.161. The lowest BCUT2D eigenvalue weighted by Crippen LogP contribution is -2.30. The molecular weight excluding hydrogens is 1270 g/mol. The quantitative estimate of drug-likeness (QED) is 0.0169. The normalized spacial score (nSPS) is 14.8. The molecule has 0 aromatic heterocycles. The summed E-state index contributed by atoms with van der Waals surface area (Å²) in [4.78, 5) is 72.8. The van der Waals surface area contributed by atoms with E-state index >= 15 is 0 Å². The molecule has 0 aliphatic heterocycles. The summed E-state index contributed by atoms with van der Waals surface area (Å²) in [6.45, 7) is 11.8. The van der Waals surface area contributed by atoms with Crippen LogP contribution < -0.4 is 0 Å². The second-order valence-corrected chi connectivity index (χ2v) is 31.3. The molecule has 0 heterocycles. The molecule has 0 aromatic carbocycles. The van der Waals surface area contributed by atoms with E-state index in [0.29, 0.717) is 31.6 Å². The van der Waals surface area contributed by atoms with Crippen molar-refractivity contribution in [3.8, 4) is 0 Å². The summed E-state index contributed by atoms with van der Waals surface area (Å²) >= 11 is 0. The van der Waals surface area contributed by atoms with E-state index in [1.165, 1.54) is 161 Å². The Balaban J connectivity index is 5.20. The molecule has 0 spiro atoms. The number of phosphoric acid groups is 2. The van der Waals surface area contributed by atoms with Gasteiger partial charge in [0, 0.05) is 25.7 Å². The molecule has 19 heteroatoms. The van der Waals surface area contributed by atoms with Gasteiger partial charge in [-0.15, -0.1) is 0 Å². The number of allylic oxidation sites excluding steroid dienone is 4. The lowest BCUT2D eigenvalue weighted by Gasteiger charge is -2.21. The Hall–Kier alpha value is -2.46. The number of esters is 4. The highest BCUT2D eigenvalue weighted by atomic mass is 31.2. The van der Waals surface area contributed by atoms with Gasteiger partial charge in [-0.2, -0.15) is 0 Å². The molecule has 0 fully saturated rings. The lowest BCUT2D eigenvalue weighted by atomic mass is 9.99. The van der Waals surface area contributed by atoms with Crippen molar-refractivity contribution in [2.45, 2.75) is 394 Å². The minimum Gasteiger partial charge on any atom is -0.462 e. The van der Waals surface area contributed by atoms with E-state index in [0.717, 1.165) is 127 Å². The van der Waals surface area contributed by atoms with Gasteiger partial charge in [-0.05, 0) is 69.1 Å². The van der Waals surface area contributed by atoms with Gasteiger partial charge in [0.25, 0.3) is 0 Å². The van der Waals surface area contributed by atoms with Gasteiger partial charge in [-0.25, -0.2) is 9.13 Å². The van der Waals surface area contributed by atoms with Crippen molar-refractivity contribution in [1.29, 1.82) is 0 Å². The van der Waals surface area contributed by atoms with Crippen LogP contribution in [0.15, 0.2) is 24.3 Å². The van der Waals surface area contributed by atoms with Gasteiger partial charge in [0.05, 0.1) is 26.4 Å². The van der Waals surface area contributed by atoms with E-state index in [-0.39, 0.29) is 25.7 Å². The van der Waals surface area contributed by atoms with E-state index in [2.05, 4.69) is 72.8 Å². The first-order valence-corrected chi connectivity index (χ1v) is 42.7. The van der Waals surface area contributed by atoms with Crippen LogP contribution >= 0.6 is 15.6 Å². The molecule has 0 aliphatic carbocycles. The van der Waals surface area contributed by atoms with Crippen LogP contribution in [0.5, 0.6) is 0 Å². The zero-order valence-electron chi connectivity index (χ0n) is 63.0. The SMILES string of the molecule is CCCCCC/C=C\C=C/CCCCCCCC(=O)O[C@H](COC(=O)CCCCCCCCC(C)CC)COP(=O)(O)OCC(O)COP(=O)(O)OC[C@@H](COC(=O)CCCCCCCCCC(C)C)OC(=O)CCCCCCCCCCCCCCCCCCCCC(C)CC. The summed E-state index contributed by atoms with van der Waals surface area (Å²) in [5.74, 6) is 0.151. The molecule has 0 rings (SSSR count). The molecule has 0 aromatic rings. The minimum atomic E-state index is -4.96. The highest BCUT2D eigenvalue weighted by Crippen LogP contribution is 2.45. The summed E-state index contributed by atoms with van der Waals surface area (Å²) in [5.41, 5.74) is 0. The van der Waals surface area contributed by atoms with Crippen molar-refractivity contribution in [2.75, 3.05) is 39.6 Å². The molecule has 0 saturated heterocycles. The van der Waals surface area contributed by atoms with E-state index in [1.54, 1.807) is 0 Å². The summed E-state index contributed by atoms with van der Waals surface area (Å²) in [6, 6.07) is 0. The van der Waals surface area contributed by atoms with E-state index in [4.69, 9.17) is 37.0 Å². The molecule has 17 nitrogen and oxygen atoms in total. The monoisotopic (exact) mass is 1420 g/mol. The number of ether oxygens (including phenoxy) is 4. The fourth-order valence-electron chi connectivity index (χ4n) is 11.4. The Morgan fingerprint density at radius 3 is 0.918 bits per heavy atom. The minimum absolute atomic E-state index is 0.0838. The van der Waals surface area contributed by atoms with Crippen LogP contribution in [0.1, 0.15) is 376 Å². The van der Waals surface area contributed by atoms with Crippen LogP contribution in [0.3, 0.4) is 0 Å². The maximum absolute atomic E-state index is 13.1. The second-order valence-electron chi connectivity index (χ2n) is 28.4.